The predicted octanol–water partition coefficient (Wildman–Crippen LogP) is 2.42. The lowest BCUT2D eigenvalue weighted by molar-refractivity contribution is 0.0430. The van der Waals surface area contributed by atoms with Crippen LogP contribution in [-0.2, 0) is 11.2 Å². The van der Waals surface area contributed by atoms with Gasteiger partial charge in [0.2, 0.25) is 0 Å². The van der Waals surface area contributed by atoms with Gasteiger partial charge < -0.3 is 9.84 Å². The van der Waals surface area contributed by atoms with Gasteiger partial charge in [-0.2, -0.15) is 0 Å². The molecule has 0 aliphatic rings. The number of hydrogen-bond donors (Lipinski definition) is 1. The van der Waals surface area contributed by atoms with Gasteiger partial charge in [-0.15, -0.1) is 0 Å². The highest BCUT2D eigenvalue weighted by Crippen LogP contribution is 2.20. The van der Waals surface area contributed by atoms with E-state index in [2.05, 4.69) is 0 Å². The summed E-state index contributed by atoms with van der Waals surface area (Å²) in [5, 5.41) is 9.62. The van der Waals surface area contributed by atoms with Crippen molar-refractivity contribution in [2.45, 2.75) is 19.4 Å². The van der Waals surface area contributed by atoms with Crippen molar-refractivity contribution < 1.29 is 14.2 Å². The van der Waals surface area contributed by atoms with E-state index in [0.717, 1.165) is 0 Å². The average Bonchev–Trinajstić information content (AvgIpc) is 2.22. The monoisotopic (exact) mass is 232 g/mol. The Bertz CT molecular complexity index is 317. The number of benzene rings is 1. The van der Waals surface area contributed by atoms with E-state index >= 15 is 0 Å². The maximum Gasteiger partial charge on any atom is 0.142 e. The van der Waals surface area contributed by atoms with Crippen LogP contribution in [-0.4, -0.2) is 24.4 Å². The molecule has 84 valence electrons. The van der Waals surface area contributed by atoms with Crippen LogP contribution < -0.4 is 0 Å². The molecule has 0 saturated carbocycles. The van der Waals surface area contributed by atoms with E-state index in [4.69, 9.17) is 16.3 Å². The molecule has 0 fully saturated rings. The molecule has 0 bridgehead atoms. The van der Waals surface area contributed by atoms with Crippen molar-refractivity contribution in [2.24, 2.45) is 0 Å². The first-order valence-electron chi connectivity index (χ1n) is 4.83. The lowest BCUT2D eigenvalue weighted by atomic mass is 10.1. The van der Waals surface area contributed by atoms with Crippen LogP contribution in [0, 0.1) is 5.82 Å². The van der Waals surface area contributed by atoms with Gasteiger partial charge in [-0.25, -0.2) is 4.39 Å². The highest BCUT2D eigenvalue weighted by molar-refractivity contribution is 6.31. The number of ether oxygens (including phenoxy) is 1. The summed E-state index contributed by atoms with van der Waals surface area (Å²) >= 11 is 5.74. The number of rotatable bonds is 5. The molecule has 0 heterocycles. The van der Waals surface area contributed by atoms with Gasteiger partial charge in [0.1, 0.15) is 5.82 Å². The van der Waals surface area contributed by atoms with Crippen LogP contribution in [0.2, 0.25) is 5.02 Å². The Labute approximate surface area is 93.6 Å². The first kappa shape index (κ1) is 12.4. The van der Waals surface area contributed by atoms with Crippen molar-refractivity contribution in [3.8, 4) is 0 Å². The number of aliphatic hydroxyl groups is 1. The van der Waals surface area contributed by atoms with Gasteiger partial charge in [-0.05, 0) is 18.6 Å². The number of hydrogen-bond acceptors (Lipinski definition) is 2. The van der Waals surface area contributed by atoms with Crippen LogP contribution in [0.15, 0.2) is 18.2 Å². The van der Waals surface area contributed by atoms with E-state index in [0.29, 0.717) is 18.6 Å². The molecule has 0 saturated heterocycles. The minimum absolute atomic E-state index is 0.0769. The number of halogens is 2. The normalized spacial score (nSPS) is 12.8. The highest BCUT2D eigenvalue weighted by atomic mass is 35.5. The molecule has 1 aromatic rings. The van der Waals surface area contributed by atoms with Gasteiger partial charge >= 0.3 is 0 Å². The second-order valence-electron chi connectivity index (χ2n) is 3.23. The van der Waals surface area contributed by atoms with Crippen LogP contribution in [0.5, 0.6) is 0 Å². The third kappa shape index (κ3) is 3.78. The summed E-state index contributed by atoms with van der Waals surface area (Å²) in [5.41, 5.74) is 0.601. The van der Waals surface area contributed by atoms with Crippen LogP contribution in [0.4, 0.5) is 4.39 Å². The Hall–Kier alpha value is -0.640. The summed E-state index contributed by atoms with van der Waals surface area (Å²) in [6.07, 6.45) is -0.347. The van der Waals surface area contributed by atoms with Gasteiger partial charge in [-0.1, -0.05) is 23.7 Å². The molecule has 0 aliphatic heterocycles. The van der Waals surface area contributed by atoms with E-state index in [1.807, 2.05) is 6.92 Å². The molecular weight excluding hydrogens is 219 g/mol. The van der Waals surface area contributed by atoms with Gasteiger partial charge in [0.25, 0.3) is 0 Å². The smallest absolute Gasteiger partial charge is 0.142 e. The molecule has 0 radical (unpaired) electrons. The van der Waals surface area contributed by atoms with E-state index in [1.54, 1.807) is 12.1 Å². The highest BCUT2D eigenvalue weighted by Gasteiger charge is 2.10. The lowest BCUT2D eigenvalue weighted by Crippen LogP contribution is -2.18. The van der Waals surface area contributed by atoms with Crippen LogP contribution in [0.3, 0.4) is 0 Å². The minimum atomic E-state index is -0.649. The van der Waals surface area contributed by atoms with Gasteiger partial charge in [0.05, 0.1) is 17.7 Å². The van der Waals surface area contributed by atoms with Crippen LogP contribution >= 0.6 is 11.6 Å². The summed E-state index contributed by atoms with van der Waals surface area (Å²) in [7, 11) is 0. The third-order valence-corrected chi connectivity index (χ3v) is 2.42. The van der Waals surface area contributed by atoms with Crippen LogP contribution in [0.1, 0.15) is 12.5 Å². The fourth-order valence-corrected chi connectivity index (χ4v) is 1.48. The zero-order valence-corrected chi connectivity index (χ0v) is 9.30. The van der Waals surface area contributed by atoms with Crippen molar-refractivity contribution in [2.75, 3.05) is 13.2 Å². The number of aliphatic hydroxyl groups excluding tert-OH is 1. The zero-order chi connectivity index (χ0) is 11.3. The summed E-state index contributed by atoms with van der Waals surface area (Å²) in [6, 6.07) is 4.56. The van der Waals surface area contributed by atoms with Gasteiger partial charge in [0.15, 0.2) is 0 Å². The molecule has 1 N–H and O–H groups in total. The first-order valence-corrected chi connectivity index (χ1v) is 5.21. The zero-order valence-electron chi connectivity index (χ0n) is 8.54. The molecule has 15 heavy (non-hydrogen) atoms. The minimum Gasteiger partial charge on any atom is -0.390 e. The van der Waals surface area contributed by atoms with E-state index in [-0.39, 0.29) is 11.6 Å². The fourth-order valence-electron chi connectivity index (χ4n) is 1.27. The molecule has 1 atom stereocenters. The molecule has 1 unspecified atom stereocenters. The Kier molecular flexibility index (Phi) is 5.02. The molecule has 2 nitrogen and oxygen atoms in total. The molecular formula is C11H14ClFO2. The fraction of sp³-hybridized carbons (Fsp3) is 0.455. The van der Waals surface area contributed by atoms with Gasteiger partial charge in [-0.3, -0.25) is 0 Å². The molecule has 1 rings (SSSR count). The van der Waals surface area contributed by atoms with E-state index < -0.39 is 11.9 Å². The Morgan fingerprint density at radius 3 is 2.93 bits per heavy atom. The molecule has 4 heteroatoms. The average molecular weight is 233 g/mol. The van der Waals surface area contributed by atoms with Gasteiger partial charge in [0, 0.05) is 13.0 Å². The van der Waals surface area contributed by atoms with Crippen LogP contribution in [0.25, 0.3) is 0 Å². The molecule has 0 aromatic heterocycles. The Morgan fingerprint density at radius 1 is 1.53 bits per heavy atom. The summed E-state index contributed by atoms with van der Waals surface area (Å²) in [4.78, 5) is 0. The second-order valence-corrected chi connectivity index (χ2v) is 3.61. The topological polar surface area (TPSA) is 29.5 Å². The largest absolute Gasteiger partial charge is 0.390 e. The molecule has 0 amide bonds. The predicted molar refractivity (Wildman–Crippen MR) is 57.6 cm³/mol. The lowest BCUT2D eigenvalue weighted by Gasteiger charge is -2.11. The third-order valence-electron chi connectivity index (χ3n) is 2.00. The van der Waals surface area contributed by atoms with Crippen molar-refractivity contribution >= 4 is 11.6 Å². The summed E-state index contributed by atoms with van der Waals surface area (Å²) in [6.45, 7) is 2.64. The molecule has 1 aromatic carbocycles. The maximum atomic E-state index is 13.0. The molecule has 0 aliphatic carbocycles. The maximum absolute atomic E-state index is 13.0. The van der Waals surface area contributed by atoms with E-state index in [9.17, 15) is 9.50 Å². The quantitative estimate of drug-likeness (QED) is 0.845. The van der Waals surface area contributed by atoms with Crippen molar-refractivity contribution in [3.05, 3.63) is 34.6 Å². The van der Waals surface area contributed by atoms with E-state index in [1.165, 1.54) is 6.07 Å². The van der Waals surface area contributed by atoms with Crippen molar-refractivity contribution in [3.63, 3.8) is 0 Å². The standard InChI is InChI=1S/C11H14ClFO2/c1-2-15-7-9(14)6-8-4-3-5-10(13)11(8)12/h3-5,9,14H,2,6-7H2,1H3. The summed E-state index contributed by atoms with van der Waals surface area (Å²) in [5.74, 6) is -0.460. The SMILES string of the molecule is CCOCC(O)Cc1cccc(F)c1Cl. The molecule has 0 spiro atoms. The van der Waals surface area contributed by atoms with Crippen molar-refractivity contribution in [1.29, 1.82) is 0 Å². The first-order chi connectivity index (χ1) is 7.15. The Morgan fingerprint density at radius 2 is 2.27 bits per heavy atom. The van der Waals surface area contributed by atoms with Crippen molar-refractivity contribution in [1.82, 2.24) is 0 Å². The second kappa shape index (κ2) is 6.05. The Balaban J connectivity index is 2.60. The summed E-state index contributed by atoms with van der Waals surface area (Å²) < 4.78 is 18.1.